The maximum atomic E-state index is 12.5. The lowest BCUT2D eigenvalue weighted by Gasteiger charge is -2.33. The van der Waals surface area contributed by atoms with Crippen molar-refractivity contribution in [2.75, 3.05) is 18.4 Å². The largest absolute Gasteiger partial charge is 0.381 e. The second kappa shape index (κ2) is 7.65. The number of nitro benzene ring substituents is 1. The summed E-state index contributed by atoms with van der Waals surface area (Å²) in [5.74, 6) is -0.0748. The van der Waals surface area contributed by atoms with Crippen LogP contribution in [0.25, 0.3) is 0 Å². The summed E-state index contributed by atoms with van der Waals surface area (Å²) < 4.78 is 1.03. The Balaban J connectivity index is 1.57. The molecule has 1 aliphatic heterocycles. The number of halogens is 1. The minimum atomic E-state index is -0.465. The number of amides is 1. The zero-order valence-electron chi connectivity index (χ0n) is 13.5. The summed E-state index contributed by atoms with van der Waals surface area (Å²) in [5.41, 5.74) is 1.54. The Kier molecular flexibility index (Phi) is 5.33. The van der Waals surface area contributed by atoms with Gasteiger partial charge in [0, 0.05) is 47.0 Å². The van der Waals surface area contributed by atoms with Gasteiger partial charge < -0.3 is 10.2 Å². The molecule has 7 heteroatoms. The normalized spacial score (nSPS) is 15.0. The monoisotopic (exact) mass is 403 g/mol. The number of piperidine rings is 1. The molecular formula is C18H18BrN3O3. The van der Waals surface area contributed by atoms with Crippen molar-refractivity contribution in [3.63, 3.8) is 0 Å². The molecule has 0 radical (unpaired) electrons. The number of nitrogens with one attached hydrogen (secondary N) is 1. The second-order valence-electron chi connectivity index (χ2n) is 5.99. The molecule has 2 aromatic rings. The first-order valence-electron chi connectivity index (χ1n) is 8.09. The number of hydrogen-bond acceptors (Lipinski definition) is 4. The van der Waals surface area contributed by atoms with Crippen LogP contribution < -0.4 is 5.32 Å². The minimum absolute atomic E-state index is 0.00658. The van der Waals surface area contributed by atoms with Crippen molar-refractivity contribution in [1.29, 1.82) is 0 Å². The van der Waals surface area contributed by atoms with Gasteiger partial charge >= 0.3 is 0 Å². The molecule has 1 N–H and O–H groups in total. The fraction of sp³-hybridized carbons (Fsp3) is 0.278. The van der Waals surface area contributed by atoms with Crippen molar-refractivity contribution < 1.29 is 9.72 Å². The molecule has 1 amide bonds. The summed E-state index contributed by atoms with van der Waals surface area (Å²) in [4.78, 5) is 24.6. The van der Waals surface area contributed by atoms with Crippen molar-refractivity contribution in [1.82, 2.24) is 4.90 Å². The van der Waals surface area contributed by atoms with Crippen LogP contribution in [0.5, 0.6) is 0 Å². The molecule has 1 heterocycles. The second-order valence-corrected chi connectivity index (χ2v) is 6.85. The highest BCUT2D eigenvalue weighted by molar-refractivity contribution is 9.10. The Morgan fingerprint density at radius 3 is 2.36 bits per heavy atom. The van der Waals surface area contributed by atoms with E-state index in [4.69, 9.17) is 0 Å². The van der Waals surface area contributed by atoms with Gasteiger partial charge in [0.2, 0.25) is 0 Å². The SMILES string of the molecule is O=C(c1ccc([N+](=O)[O-])cc1)N1CCC(Nc2ccccc2Br)CC1. The quantitative estimate of drug-likeness (QED) is 0.616. The zero-order valence-corrected chi connectivity index (χ0v) is 15.1. The number of para-hydroxylation sites is 1. The van der Waals surface area contributed by atoms with Crippen LogP contribution in [0, 0.1) is 10.1 Å². The zero-order chi connectivity index (χ0) is 17.8. The highest BCUT2D eigenvalue weighted by atomic mass is 79.9. The van der Waals surface area contributed by atoms with Gasteiger partial charge in [0.25, 0.3) is 11.6 Å². The van der Waals surface area contributed by atoms with Gasteiger partial charge in [-0.05, 0) is 53.0 Å². The predicted molar refractivity (Wildman–Crippen MR) is 99.8 cm³/mol. The number of likely N-dealkylation sites (tertiary alicyclic amines) is 1. The fourth-order valence-electron chi connectivity index (χ4n) is 2.93. The average Bonchev–Trinajstić information content (AvgIpc) is 2.64. The molecule has 2 aromatic carbocycles. The Hall–Kier alpha value is -2.41. The summed E-state index contributed by atoms with van der Waals surface area (Å²) in [7, 11) is 0. The summed E-state index contributed by atoms with van der Waals surface area (Å²) in [6, 6.07) is 14.1. The van der Waals surface area contributed by atoms with E-state index in [1.807, 2.05) is 24.3 Å². The smallest absolute Gasteiger partial charge is 0.269 e. The first kappa shape index (κ1) is 17.4. The van der Waals surface area contributed by atoms with E-state index >= 15 is 0 Å². The first-order chi connectivity index (χ1) is 12.0. The van der Waals surface area contributed by atoms with Crippen LogP contribution in [0.15, 0.2) is 53.0 Å². The average molecular weight is 404 g/mol. The van der Waals surface area contributed by atoms with E-state index in [0.717, 1.165) is 23.0 Å². The maximum absolute atomic E-state index is 12.5. The lowest BCUT2D eigenvalue weighted by atomic mass is 10.0. The van der Waals surface area contributed by atoms with Gasteiger partial charge in [0.15, 0.2) is 0 Å². The molecule has 0 aliphatic carbocycles. The Morgan fingerprint density at radius 2 is 1.76 bits per heavy atom. The highest BCUT2D eigenvalue weighted by Gasteiger charge is 2.24. The van der Waals surface area contributed by atoms with E-state index in [9.17, 15) is 14.9 Å². The van der Waals surface area contributed by atoms with Crippen molar-refractivity contribution in [3.05, 3.63) is 68.7 Å². The van der Waals surface area contributed by atoms with E-state index in [-0.39, 0.29) is 11.6 Å². The highest BCUT2D eigenvalue weighted by Crippen LogP contribution is 2.25. The molecule has 6 nitrogen and oxygen atoms in total. The molecule has 25 heavy (non-hydrogen) atoms. The summed E-state index contributed by atoms with van der Waals surface area (Å²) in [6.45, 7) is 1.33. The topological polar surface area (TPSA) is 75.5 Å². The van der Waals surface area contributed by atoms with Crippen LogP contribution in [-0.2, 0) is 0 Å². The molecule has 3 rings (SSSR count). The third-order valence-corrected chi connectivity index (χ3v) is 5.03. The molecule has 0 bridgehead atoms. The Bertz CT molecular complexity index is 771. The van der Waals surface area contributed by atoms with Crippen molar-refractivity contribution >= 4 is 33.2 Å². The summed E-state index contributed by atoms with van der Waals surface area (Å²) in [5, 5.41) is 14.2. The number of non-ortho nitro benzene ring substituents is 1. The number of hydrogen-bond donors (Lipinski definition) is 1. The van der Waals surface area contributed by atoms with Crippen LogP contribution in [0.2, 0.25) is 0 Å². The maximum Gasteiger partial charge on any atom is 0.269 e. The van der Waals surface area contributed by atoms with Crippen molar-refractivity contribution in [2.24, 2.45) is 0 Å². The van der Waals surface area contributed by atoms with E-state index in [0.29, 0.717) is 24.7 Å². The number of carbonyl (C=O) groups excluding carboxylic acids is 1. The molecule has 0 saturated carbocycles. The minimum Gasteiger partial charge on any atom is -0.381 e. The lowest BCUT2D eigenvalue weighted by molar-refractivity contribution is -0.384. The van der Waals surface area contributed by atoms with Crippen LogP contribution in [0.4, 0.5) is 11.4 Å². The molecule has 0 aromatic heterocycles. The van der Waals surface area contributed by atoms with Crippen molar-refractivity contribution in [2.45, 2.75) is 18.9 Å². The van der Waals surface area contributed by atoms with Gasteiger partial charge in [-0.25, -0.2) is 0 Å². The number of rotatable bonds is 4. The number of nitrogens with zero attached hydrogens (tertiary/aromatic N) is 2. The number of carbonyl (C=O) groups is 1. The molecule has 0 atom stereocenters. The molecule has 0 spiro atoms. The third kappa shape index (κ3) is 4.17. The van der Waals surface area contributed by atoms with Crippen LogP contribution in [-0.4, -0.2) is 34.9 Å². The summed E-state index contributed by atoms with van der Waals surface area (Å²) in [6.07, 6.45) is 1.72. The van der Waals surface area contributed by atoms with Gasteiger partial charge in [0.1, 0.15) is 0 Å². The fourth-order valence-corrected chi connectivity index (χ4v) is 3.33. The van der Waals surface area contributed by atoms with E-state index in [1.165, 1.54) is 24.3 Å². The third-order valence-electron chi connectivity index (χ3n) is 4.34. The Morgan fingerprint density at radius 1 is 1.12 bits per heavy atom. The van der Waals surface area contributed by atoms with Crippen LogP contribution in [0.3, 0.4) is 0 Å². The molecule has 1 fully saturated rings. The lowest BCUT2D eigenvalue weighted by Crippen LogP contribution is -2.42. The molecule has 0 unspecified atom stereocenters. The molecule has 1 saturated heterocycles. The van der Waals surface area contributed by atoms with E-state index in [1.54, 1.807) is 4.90 Å². The number of nitro groups is 1. The van der Waals surface area contributed by atoms with Gasteiger partial charge in [0.05, 0.1) is 4.92 Å². The van der Waals surface area contributed by atoms with Crippen LogP contribution in [0.1, 0.15) is 23.2 Å². The van der Waals surface area contributed by atoms with E-state index in [2.05, 4.69) is 21.2 Å². The van der Waals surface area contributed by atoms with Gasteiger partial charge in [-0.2, -0.15) is 0 Å². The first-order valence-corrected chi connectivity index (χ1v) is 8.88. The molecule has 1 aliphatic rings. The Labute approximate surface area is 154 Å². The summed E-state index contributed by atoms with van der Waals surface area (Å²) >= 11 is 3.53. The standard InChI is InChI=1S/C18H18BrN3O3/c19-16-3-1-2-4-17(16)20-14-9-11-21(12-10-14)18(23)13-5-7-15(8-6-13)22(24)25/h1-8,14,20H,9-12H2. The number of benzene rings is 2. The van der Waals surface area contributed by atoms with Gasteiger partial charge in [-0.3, -0.25) is 14.9 Å². The molecule has 130 valence electrons. The van der Waals surface area contributed by atoms with Crippen LogP contribution >= 0.6 is 15.9 Å². The predicted octanol–water partition coefficient (Wildman–Crippen LogP) is 4.07. The van der Waals surface area contributed by atoms with Gasteiger partial charge in [-0.15, -0.1) is 0 Å². The molecular weight excluding hydrogens is 386 g/mol. The van der Waals surface area contributed by atoms with E-state index < -0.39 is 4.92 Å². The van der Waals surface area contributed by atoms with Crippen molar-refractivity contribution in [3.8, 4) is 0 Å². The number of anilines is 1. The van der Waals surface area contributed by atoms with Gasteiger partial charge in [-0.1, -0.05) is 12.1 Å².